The fourth-order valence-electron chi connectivity index (χ4n) is 2.68. The molecule has 2 aromatic carbocycles. The first-order chi connectivity index (χ1) is 12.5. The van der Waals surface area contributed by atoms with Crippen LogP contribution < -0.4 is 11.2 Å². The molecule has 0 saturated carbocycles. The molecule has 4 aromatic rings. The molecule has 2 aromatic heterocycles. The highest BCUT2D eigenvalue weighted by atomic mass is 79.9. The lowest BCUT2D eigenvalue weighted by Crippen LogP contribution is -2.24. The van der Waals surface area contributed by atoms with Crippen molar-refractivity contribution in [1.82, 2.24) is 18.7 Å². The summed E-state index contributed by atoms with van der Waals surface area (Å²) < 4.78 is 17.7. The Kier molecular flexibility index (Phi) is 4.04. The summed E-state index contributed by atoms with van der Waals surface area (Å²) in [5.74, 6) is -0.353. The van der Waals surface area contributed by atoms with Crippen LogP contribution in [0.1, 0.15) is 5.56 Å². The average Bonchev–Trinajstić information content (AvgIpc) is 2.95. The molecule has 0 saturated heterocycles. The van der Waals surface area contributed by atoms with Gasteiger partial charge < -0.3 is 0 Å². The highest BCUT2D eigenvalue weighted by molar-refractivity contribution is 9.10. The molecule has 0 spiro atoms. The summed E-state index contributed by atoms with van der Waals surface area (Å²) in [6.45, 7) is 0.151. The largest absolute Gasteiger partial charge is 0.350 e. The smallest absolute Gasteiger partial charge is 0.280 e. The maximum Gasteiger partial charge on any atom is 0.350 e. The zero-order valence-electron chi connectivity index (χ0n) is 13.3. The summed E-state index contributed by atoms with van der Waals surface area (Å²) in [5.41, 5.74) is 0.586. The van der Waals surface area contributed by atoms with Crippen LogP contribution in [-0.2, 0) is 6.54 Å². The molecule has 0 bridgehead atoms. The Labute approximate surface area is 154 Å². The molecule has 0 radical (unpaired) electrons. The van der Waals surface area contributed by atoms with Gasteiger partial charge in [-0.3, -0.25) is 9.36 Å². The predicted octanol–water partition coefficient (Wildman–Crippen LogP) is 2.60. The third-order valence-electron chi connectivity index (χ3n) is 4.00. The lowest BCUT2D eigenvalue weighted by Gasteiger charge is -2.05. The summed E-state index contributed by atoms with van der Waals surface area (Å²) in [7, 11) is 0. The Balaban J connectivity index is 1.80. The lowest BCUT2D eigenvalue weighted by atomic mass is 10.2. The van der Waals surface area contributed by atoms with E-state index in [1.54, 1.807) is 24.3 Å². The molecule has 0 atom stereocenters. The van der Waals surface area contributed by atoms with E-state index in [0.717, 1.165) is 4.47 Å². The van der Waals surface area contributed by atoms with Gasteiger partial charge in [-0.2, -0.15) is 0 Å². The van der Waals surface area contributed by atoms with E-state index in [4.69, 9.17) is 0 Å². The minimum Gasteiger partial charge on any atom is -0.280 e. The van der Waals surface area contributed by atoms with E-state index in [2.05, 4.69) is 21.0 Å². The van der Waals surface area contributed by atoms with E-state index in [-0.39, 0.29) is 18.0 Å². The van der Waals surface area contributed by atoms with Gasteiger partial charge in [0.1, 0.15) is 5.82 Å². The first-order valence-electron chi connectivity index (χ1n) is 7.74. The van der Waals surface area contributed by atoms with Crippen molar-refractivity contribution in [2.45, 2.75) is 6.54 Å². The Morgan fingerprint density at radius 1 is 0.962 bits per heavy atom. The van der Waals surface area contributed by atoms with Gasteiger partial charge in [0.15, 0.2) is 0 Å². The third kappa shape index (κ3) is 2.88. The van der Waals surface area contributed by atoms with Gasteiger partial charge in [0.05, 0.1) is 6.54 Å². The summed E-state index contributed by atoms with van der Waals surface area (Å²) >= 11 is 3.35. The summed E-state index contributed by atoms with van der Waals surface area (Å²) in [6.07, 6.45) is 3.04. The lowest BCUT2D eigenvalue weighted by molar-refractivity contribution is 0.622. The number of rotatable bonds is 3. The number of fused-ring (bicyclic) bond motifs is 1. The van der Waals surface area contributed by atoms with E-state index in [0.29, 0.717) is 11.3 Å². The maximum atomic E-state index is 13.0. The normalized spacial score (nSPS) is 11.2. The van der Waals surface area contributed by atoms with Crippen LogP contribution in [0.4, 0.5) is 4.39 Å². The van der Waals surface area contributed by atoms with Gasteiger partial charge in [-0.15, -0.1) is 5.10 Å². The SMILES string of the molecule is O=c1c2nn(Cc3ccc(F)cc3)c(=O)n2ccn1-c1ccc(Br)cc1. The van der Waals surface area contributed by atoms with Crippen molar-refractivity contribution in [1.29, 1.82) is 0 Å². The standard InChI is InChI=1S/C18H12BrFN4O2/c19-13-3-7-15(8-4-13)22-9-10-23-16(17(22)25)21-24(18(23)26)11-12-1-5-14(20)6-2-12/h1-10H,11H2. The molecule has 0 aliphatic heterocycles. The number of aromatic nitrogens is 4. The molecule has 0 aliphatic carbocycles. The van der Waals surface area contributed by atoms with Crippen molar-refractivity contribution in [3.8, 4) is 5.69 Å². The molecule has 0 aliphatic rings. The fourth-order valence-corrected chi connectivity index (χ4v) is 2.94. The molecule has 2 heterocycles. The van der Waals surface area contributed by atoms with Crippen molar-refractivity contribution >= 4 is 21.6 Å². The summed E-state index contributed by atoms with van der Waals surface area (Å²) in [6, 6.07) is 13.0. The van der Waals surface area contributed by atoms with Crippen LogP contribution in [-0.4, -0.2) is 18.7 Å². The van der Waals surface area contributed by atoms with Crippen LogP contribution in [0, 0.1) is 5.82 Å². The maximum absolute atomic E-state index is 13.0. The van der Waals surface area contributed by atoms with Crippen LogP contribution in [0.5, 0.6) is 0 Å². The molecule has 0 N–H and O–H groups in total. The number of benzene rings is 2. The Hall–Kier alpha value is -3.00. The topological polar surface area (TPSA) is 61.3 Å². The fraction of sp³-hybridized carbons (Fsp3) is 0.0556. The Morgan fingerprint density at radius 3 is 2.35 bits per heavy atom. The molecule has 6 nitrogen and oxygen atoms in total. The molecule has 26 heavy (non-hydrogen) atoms. The first kappa shape index (κ1) is 16.5. The molecule has 4 rings (SSSR count). The second kappa shape index (κ2) is 6.38. The van der Waals surface area contributed by atoms with Crippen molar-refractivity contribution in [2.75, 3.05) is 0 Å². The number of nitrogens with zero attached hydrogens (tertiary/aromatic N) is 4. The van der Waals surface area contributed by atoms with Gasteiger partial charge >= 0.3 is 11.2 Å². The molecule has 0 unspecified atom stereocenters. The second-order valence-corrected chi connectivity index (χ2v) is 6.63. The van der Waals surface area contributed by atoms with Crippen LogP contribution in [0.15, 0.2) is 75.0 Å². The number of halogens is 2. The van der Waals surface area contributed by atoms with E-state index >= 15 is 0 Å². The average molecular weight is 415 g/mol. The third-order valence-corrected chi connectivity index (χ3v) is 4.52. The molecular formula is C18H12BrFN4O2. The van der Waals surface area contributed by atoms with Crippen LogP contribution in [0.3, 0.4) is 0 Å². The van der Waals surface area contributed by atoms with E-state index in [1.807, 2.05) is 12.1 Å². The number of hydrogen-bond donors (Lipinski definition) is 0. The van der Waals surface area contributed by atoms with Gasteiger partial charge in [-0.25, -0.2) is 18.3 Å². The van der Waals surface area contributed by atoms with Gasteiger partial charge in [0.2, 0.25) is 5.65 Å². The first-order valence-corrected chi connectivity index (χ1v) is 8.53. The quantitative estimate of drug-likeness (QED) is 0.517. The molecule has 0 fully saturated rings. The van der Waals surface area contributed by atoms with Crippen molar-refractivity contribution < 1.29 is 4.39 Å². The molecule has 0 amide bonds. The van der Waals surface area contributed by atoms with Gasteiger partial charge in [-0.05, 0) is 42.0 Å². The minimum atomic E-state index is -0.426. The number of hydrogen-bond acceptors (Lipinski definition) is 3. The van der Waals surface area contributed by atoms with Gasteiger partial charge in [0, 0.05) is 22.6 Å². The van der Waals surface area contributed by atoms with Crippen molar-refractivity contribution in [2.24, 2.45) is 0 Å². The van der Waals surface area contributed by atoms with Crippen molar-refractivity contribution in [3.63, 3.8) is 0 Å². The minimum absolute atomic E-state index is 0.0301. The Bertz CT molecular complexity index is 1210. The van der Waals surface area contributed by atoms with Crippen LogP contribution >= 0.6 is 15.9 Å². The van der Waals surface area contributed by atoms with Crippen LogP contribution in [0.2, 0.25) is 0 Å². The molecule has 130 valence electrons. The van der Waals surface area contributed by atoms with E-state index in [1.165, 1.54) is 38.2 Å². The Morgan fingerprint density at radius 2 is 1.65 bits per heavy atom. The highest BCUT2D eigenvalue weighted by Gasteiger charge is 2.13. The predicted molar refractivity (Wildman–Crippen MR) is 98.3 cm³/mol. The summed E-state index contributed by atoms with van der Waals surface area (Å²) in [5, 5.41) is 4.16. The van der Waals surface area contributed by atoms with Gasteiger partial charge in [-0.1, -0.05) is 28.1 Å². The molecule has 8 heteroatoms. The monoisotopic (exact) mass is 414 g/mol. The second-order valence-electron chi connectivity index (χ2n) is 5.71. The zero-order valence-corrected chi connectivity index (χ0v) is 14.9. The van der Waals surface area contributed by atoms with Gasteiger partial charge in [0.25, 0.3) is 0 Å². The molecular weight excluding hydrogens is 403 g/mol. The zero-order chi connectivity index (χ0) is 18.3. The van der Waals surface area contributed by atoms with Crippen molar-refractivity contribution in [3.05, 3.63) is 97.6 Å². The van der Waals surface area contributed by atoms with Crippen LogP contribution in [0.25, 0.3) is 11.3 Å². The van der Waals surface area contributed by atoms with E-state index < -0.39 is 11.2 Å². The highest BCUT2D eigenvalue weighted by Crippen LogP contribution is 2.12. The van der Waals surface area contributed by atoms with E-state index in [9.17, 15) is 14.0 Å². The summed E-state index contributed by atoms with van der Waals surface area (Å²) in [4.78, 5) is 25.2.